The van der Waals surface area contributed by atoms with Crippen LogP contribution in [0.15, 0.2) is 29.8 Å². The summed E-state index contributed by atoms with van der Waals surface area (Å²) in [6.07, 6.45) is 0. The summed E-state index contributed by atoms with van der Waals surface area (Å²) >= 11 is 6.33. The van der Waals surface area contributed by atoms with E-state index in [2.05, 4.69) is 15.6 Å². The quantitative estimate of drug-likeness (QED) is 0.453. The maximum absolute atomic E-state index is 11.7. The molecule has 8 heteroatoms. The van der Waals surface area contributed by atoms with Crippen LogP contribution in [0.4, 0.5) is 11.5 Å². The zero-order valence-corrected chi connectivity index (χ0v) is 12.8. The predicted molar refractivity (Wildman–Crippen MR) is 86.0 cm³/mol. The summed E-state index contributed by atoms with van der Waals surface area (Å²) in [6, 6.07) is 6.43. The Balaban J connectivity index is 2.01. The van der Waals surface area contributed by atoms with Crippen molar-refractivity contribution in [2.45, 2.75) is 6.92 Å². The molecule has 1 heterocycles. The van der Waals surface area contributed by atoms with Gasteiger partial charge in [-0.2, -0.15) is 0 Å². The van der Waals surface area contributed by atoms with Gasteiger partial charge in [0, 0.05) is 5.69 Å². The molecule has 0 radical (unpaired) electrons. The summed E-state index contributed by atoms with van der Waals surface area (Å²) in [7, 11) is 0. The highest BCUT2D eigenvalue weighted by Gasteiger charge is 2.16. The van der Waals surface area contributed by atoms with Crippen LogP contribution in [-0.4, -0.2) is 27.8 Å². The van der Waals surface area contributed by atoms with Crippen molar-refractivity contribution in [2.75, 3.05) is 17.2 Å². The molecule has 2 aromatic rings. The number of carbonyl (C=O) groups excluding carboxylic acids is 1. The fourth-order valence-electron chi connectivity index (χ4n) is 1.49. The highest BCUT2D eigenvalue weighted by molar-refractivity contribution is 7.80. The van der Waals surface area contributed by atoms with Crippen molar-refractivity contribution in [3.63, 3.8) is 0 Å². The standard InChI is InChI=1S/C13H13N3O3S2/c1-2-19-12(18)10-11(14-7-21-10)16-13(20)15-8-3-5-9(17)6-4-8/h3-7,17H,2H2,1H3,(H2,15,16,20). The molecule has 0 aliphatic heterocycles. The van der Waals surface area contributed by atoms with Gasteiger partial charge in [0.25, 0.3) is 0 Å². The van der Waals surface area contributed by atoms with Crippen LogP contribution in [0.5, 0.6) is 5.75 Å². The van der Waals surface area contributed by atoms with Gasteiger partial charge in [-0.1, -0.05) is 0 Å². The fraction of sp³-hybridized carbons (Fsp3) is 0.154. The Morgan fingerprint density at radius 1 is 1.38 bits per heavy atom. The van der Waals surface area contributed by atoms with Gasteiger partial charge in [-0.05, 0) is 43.4 Å². The number of anilines is 2. The number of nitrogens with zero attached hydrogens (tertiary/aromatic N) is 1. The molecular weight excluding hydrogens is 310 g/mol. The van der Waals surface area contributed by atoms with Crippen LogP contribution in [0.25, 0.3) is 0 Å². The molecule has 0 fully saturated rings. The number of rotatable bonds is 4. The minimum absolute atomic E-state index is 0.170. The van der Waals surface area contributed by atoms with Gasteiger partial charge in [-0.3, -0.25) is 0 Å². The van der Waals surface area contributed by atoms with E-state index in [4.69, 9.17) is 17.0 Å². The van der Waals surface area contributed by atoms with Gasteiger partial charge in [-0.15, -0.1) is 11.3 Å². The molecule has 0 unspecified atom stereocenters. The number of benzene rings is 1. The second kappa shape index (κ2) is 7.00. The summed E-state index contributed by atoms with van der Waals surface area (Å²) in [5.41, 5.74) is 2.25. The summed E-state index contributed by atoms with van der Waals surface area (Å²) in [4.78, 5) is 16.1. The van der Waals surface area contributed by atoms with E-state index in [0.29, 0.717) is 23.0 Å². The maximum atomic E-state index is 11.7. The molecule has 0 amide bonds. The first kappa shape index (κ1) is 15.2. The van der Waals surface area contributed by atoms with Gasteiger partial charge in [0.1, 0.15) is 5.75 Å². The van der Waals surface area contributed by atoms with Crippen molar-refractivity contribution in [2.24, 2.45) is 0 Å². The number of ether oxygens (including phenoxy) is 1. The minimum atomic E-state index is -0.435. The number of phenols is 1. The molecule has 0 bridgehead atoms. The Kier molecular flexibility index (Phi) is 5.07. The lowest BCUT2D eigenvalue weighted by Crippen LogP contribution is -2.20. The molecule has 0 aliphatic carbocycles. The van der Waals surface area contributed by atoms with Crippen LogP contribution in [0.3, 0.4) is 0 Å². The van der Waals surface area contributed by atoms with E-state index in [-0.39, 0.29) is 10.9 Å². The van der Waals surface area contributed by atoms with E-state index in [9.17, 15) is 9.90 Å². The molecular formula is C13H13N3O3S2. The number of aromatic hydroxyl groups is 1. The Labute approximate surface area is 130 Å². The van der Waals surface area contributed by atoms with Crippen LogP contribution in [0.2, 0.25) is 0 Å². The SMILES string of the molecule is CCOC(=O)c1scnc1NC(=S)Nc1ccc(O)cc1. The molecule has 0 saturated carbocycles. The number of carbonyl (C=O) groups is 1. The van der Waals surface area contributed by atoms with Crippen molar-refractivity contribution < 1.29 is 14.6 Å². The lowest BCUT2D eigenvalue weighted by Gasteiger charge is -2.10. The minimum Gasteiger partial charge on any atom is -0.508 e. The molecule has 3 N–H and O–H groups in total. The molecule has 0 spiro atoms. The predicted octanol–water partition coefficient (Wildman–Crippen LogP) is 2.83. The fourth-order valence-corrected chi connectivity index (χ4v) is 2.34. The van der Waals surface area contributed by atoms with E-state index in [1.165, 1.54) is 29.0 Å². The lowest BCUT2D eigenvalue weighted by atomic mass is 10.3. The Morgan fingerprint density at radius 2 is 2.10 bits per heavy atom. The van der Waals surface area contributed by atoms with E-state index < -0.39 is 5.97 Å². The molecule has 1 aromatic heterocycles. The molecule has 110 valence electrons. The third kappa shape index (κ3) is 4.14. The van der Waals surface area contributed by atoms with E-state index in [0.717, 1.165) is 0 Å². The van der Waals surface area contributed by atoms with Crippen molar-refractivity contribution in [3.8, 4) is 5.75 Å². The summed E-state index contributed by atoms with van der Waals surface area (Å²) in [5, 5.41) is 15.3. The molecule has 1 aromatic carbocycles. The second-order valence-corrected chi connectivity index (χ2v) is 5.14. The number of nitrogens with one attached hydrogen (secondary N) is 2. The monoisotopic (exact) mass is 323 g/mol. The van der Waals surface area contributed by atoms with Crippen LogP contribution >= 0.6 is 23.6 Å². The largest absolute Gasteiger partial charge is 0.508 e. The van der Waals surface area contributed by atoms with Crippen molar-refractivity contribution in [1.82, 2.24) is 4.98 Å². The Hall–Kier alpha value is -2.19. The van der Waals surface area contributed by atoms with Crippen LogP contribution in [0, 0.1) is 0 Å². The number of phenolic OH excluding ortho intramolecular Hbond substituents is 1. The van der Waals surface area contributed by atoms with Gasteiger partial charge >= 0.3 is 5.97 Å². The number of hydrogen-bond acceptors (Lipinski definition) is 6. The first-order valence-corrected chi connectivity index (χ1v) is 7.36. The number of esters is 1. The molecule has 2 rings (SSSR count). The van der Waals surface area contributed by atoms with Crippen molar-refractivity contribution in [1.29, 1.82) is 0 Å². The molecule has 0 aliphatic rings. The summed E-state index contributed by atoms with van der Waals surface area (Å²) < 4.78 is 4.94. The average molecular weight is 323 g/mol. The highest BCUT2D eigenvalue weighted by Crippen LogP contribution is 2.20. The molecule has 0 atom stereocenters. The third-order valence-electron chi connectivity index (χ3n) is 2.39. The van der Waals surface area contributed by atoms with Crippen molar-refractivity contribution in [3.05, 3.63) is 34.7 Å². The van der Waals surface area contributed by atoms with Gasteiger partial charge in [-0.25, -0.2) is 9.78 Å². The van der Waals surface area contributed by atoms with Crippen molar-refractivity contribution >= 4 is 46.1 Å². The van der Waals surface area contributed by atoms with Crippen LogP contribution in [0.1, 0.15) is 16.6 Å². The zero-order valence-electron chi connectivity index (χ0n) is 11.1. The smallest absolute Gasteiger partial charge is 0.352 e. The maximum Gasteiger partial charge on any atom is 0.352 e. The first-order chi connectivity index (χ1) is 10.1. The number of thiocarbonyl (C=S) groups is 1. The van der Waals surface area contributed by atoms with Crippen LogP contribution in [-0.2, 0) is 4.74 Å². The first-order valence-electron chi connectivity index (χ1n) is 6.07. The Bertz CT molecular complexity index is 640. The average Bonchev–Trinajstić information content (AvgIpc) is 2.90. The molecule has 6 nitrogen and oxygen atoms in total. The third-order valence-corrected chi connectivity index (χ3v) is 3.40. The Morgan fingerprint density at radius 3 is 2.76 bits per heavy atom. The topological polar surface area (TPSA) is 83.5 Å². The lowest BCUT2D eigenvalue weighted by molar-refractivity contribution is 0.0533. The second-order valence-electron chi connectivity index (χ2n) is 3.88. The summed E-state index contributed by atoms with van der Waals surface area (Å²) in [6.45, 7) is 2.04. The normalized spacial score (nSPS) is 9.95. The number of aromatic nitrogens is 1. The van der Waals surface area contributed by atoms with E-state index in [1.54, 1.807) is 19.1 Å². The van der Waals surface area contributed by atoms with Gasteiger partial charge in [0.15, 0.2) is 15.8 Å². The zero-order chi connectivity index (χ0) is 15.2. The number of thiazole rings is 1. The van der Waals surface area contributed by atoms with Gasteiger partial charge < -0.3 is 20.5 Å². The summed E-state index contributed by atoms with van der Waals surface area (Å²) in [5.74, 6) is 0.0909. The highest BCUT2D eigenvalue weighted by atomic mass is 32.1. The van der Waals surface area contributed by atoms with Gasteiger partial charge in [0.2, 0.25) is 0 Å². The van der Waals surface area contributed by atoms with E-state index >= 15 is 0 Å². The van der Waals surface area contributed by atoms with Gasteiger partial charge in [0.05, 0.1) is 12.1 Å². The molecule has 21 heavy (non-hydrogen) atoms. The van der Waals surface area contributed by atoms with Crippen LogP contribution < -0.4 is 10.6 Å². The number of hydrogen-bond donors (Lipinski definition) is 3. The molecule has 0 saturated heterocycles. The van der Waals surface area contributed by atoms with E-state index in [1.807, 2.05) is 0 Å².